The zero-order valence-corrected chi connectivity index (χ0v) is 16.4. The van der Waals surface area contributed by atoms with E-state index in [0.717, 1.165) is 16.7 Å². The topological polar surface area (TPSA) is 84.2 Å². The first-order valence-corrected chi connectivity index (χ1v) is 9.94. The largest absolute Gasteiger partial charge is 0.397 e. The molecule has 0 atom stereocenters. The Morgan fingerprint density at radius 2 is 1.86 bits per heavy atom. The molecule has 0 aliphatic heterocycles. The lowest BCUT2D eigenvalue weighted by atomic mass is 10.1. The van der Waals surface area contributed by atoms with Gasteiger partial charge >= 0.3 is 0 Å². The molecule has 2 aromatic carbocycles. The predicted octanol–water partition coefficient (Wildman–Crippen LogP) is 4.13. The number of carbonyl (C=O) groups excluding carboxylic acids is 2. The van der Waals surface area contributed by atoms with E-state index in [1.54, 1.807) is 36.0 Å². The standard InChI is InChI=1S/C22H22N3O2S/c1-2-24-21(26)10-5-15-3-6-16(7-4-15)22(27)25-20-13-17(8-9-19(20)23)18-11-12-28-14-18/h3-4,6-14H,2,5,23H2,1H3,(H,24,26)(H,25,27). The minimum Gasteiger partial charge on any atom is -0.397 e. The normalized spacial score (nSPS) is 10.5. The molecule has 0 saturated heterocycles. The maximum absolute atomic E-state index is 12.6. The van der Waals surface area contributed by atoms with Crippen LogP contribution in [-0.4, -0.2) is 18.4 Å². The molecule has 0 fully saturated rings. The average molecular weight is 393 g/mol. The third kappa shape index (κ3) is 4.98. The van der Waals surface area contributed by atoms with E-state index in [1.807, 2.05) is 48.0 Å². The first kappa shape index (κ1) is 19.6. The lowest BCUT2D eigenvalue weighted by Crippen LogP contribution is -2.23. The van der Waals surface area contributed by atoms with E-state index in [1.165, 1.54) is 0 Å². The number of nitrogens with two attached hydrogens (primary N) is 1. The molecular formula is C22H22N3O2S. The summed E-state index contributed by atoms with van der Waals surface area (Å²) >= 11 is 1.62. The first-order chi connectivity index (χ1) is 13.6. The Bertz CT molecular complexity index is 950. The van der Waals surface area contributed by atoms with Crippen LogP contribution in [0, 0.1) is 6.42 Å². The molecule has 0 aliphatic rings. The number of hydrogen-bond donors (Lipinski definition) is 3. The van der Waals surface area contributed by atoms with Gasteiger partial charge in [-0.15, -0.1) is 0 Å². The Balaban J connectivity index is 1.66. The van der Waals surface area contributed by atoms with E-state index in [0.29, 0.717) is 29.9 Å². The molecule has 6 heteroatoms. The summed E-state index contributed by atoms with van der Waals surface area (Å²) in [5.41, 5.74) is 10.7. The second-order valence-corrected chi connectivity index (χ2v) is 7.05. The number of thiophene rings is 1. The number of carbonyl (C=O) groups is 2. The average Bonchev–Trinajstić information content (AvgIpc) is 3.23. The molecule has 0 spiro atoms. The van der Waals surface area contributed by atoms with Gasteiger partial charge in [0.05, 0.1) is 17.8 Å². The van der Waals surface area contributed by atoms with Gasteiger partial charge in [0.2, 0.25) is 5.91 Å². The minimum absolute atomic E-state index is 0.0923. The molecule has 1 aromatic heterocycles. The van der Waals surface area contributed by atoms with Crippen LogP contribution in [0.2, 0.25) is 0 Å². The molecule has 5 nitrogen and oxygen atoms in total. The van der Waals surface area contributed by atoms with Gasteiger partial charge in [0.1, 0.15) is 0 Å². The van der Waals surface area contributed by atoms with Crippen molar-refractivity contribution in [3.8, 4) is 11.1 Å². The van der Waals surface area contributed by atoms with E-state index < -0.39 is 0 Å². The minimum atomic E-state index is -0.228. The summed E-state index contributed by atoms with van der Waals surface area (Å²) in [5, 5.41) is 9.66. The van der Waals surface area contributed by atoms with E-state index >= 15 is 0 Å². The lowest BCUT2D eigenvalue weighted by Gasteiger charge is -2.10. The molecule has 0 unspecified atom stereocenters. The fourth-order valence-corrected chi connectivity index (χ4v) is 3.38. The number of rotatable bonds is 7. The van der Waals surface area contributed by atoms with Crippen molar-refractivity contribution < 1.29 is 9.59 Å². The molecule has 1 heterocycles. The summed E-state index contributed by atoms with van der Waals surface area (Å²) in [6.45, 7) is 2.48. The Morgan fingerprint density at radius 3 is 2.54 bits per heavy atom. The van der Waals surface area contributed by atoms with Gasteiger partial charge in [0, 0.05) is 12.1 Å². The molecule has 3 aromatic rings. The molecule has 0 aliphatic carbocycles. The number of hydrogen-bond acceptors (Lipinski definition) is 4. The zero-order valence-electron chi connectivity index (χ0n) is 15.6. The lowest BCUT2D eigenvalue weighted by molar-refractivity contribution is -0.117. The molecule has 28 heavy (non-hydrogen) atoms. The van der Waals surface area contributed by atoms with Gasteiger partial charge in [-0.3, -0.25) is 9.59 Å². The Labute approximate surface area is 168 Å². The highest BCUT2D eigenvalue weighted by Gasteiger charge is 2.10. The fraction of sp³-hybridized carbons (Fsp3) is 0.136. The van der Waals surface area contributed by atoms with Crippen LogP contribution in [0.1, 0.15) is 22.8 Å². The van der Waals surface area contributed by atoms with Crippen molar-refractivity contribution in [2.75, 3.05) is 17.6 Å². The monoisotopic (exact) mass is 392 g/mol. The summed E-state index contributed by atoms with van der Waals surface area (Å²) in [5.74, 6) is -0.321. The van der Waals surface area contributed by atoms with Crippen LogP contribution in [0.25, 0.3) is 11.1 Å². The van der Waals surface area contributed by atoms with Crippen molar-refractivity contribution >= 4 is 34.5 Å². The van der Waals surface area contributed by atoms with Crippen molar-refractivity contribution in [2.45, 2.75) is 13.3 Å². The molecule has 0 bridgehead atoms. The van der Waals surface area contributed by atoms with Gasteiger partial charge < -0.3 is 16.4 Å². The van der Waals surface area contributed by atoms with Crippen molar-refractivity contribution in [1.82, 2.24) is 5.32 Å². The second-order valence-electron chi connectivity index (χ2n) is 6.27. The van der Waals surface area contributed by atoms with Crippen molar-refractivity contribution in [3.63, 3.8) is 0 Å². The fourth-order valence-electron chi connectivity index (χ4n) is 2.72. The van der Waals surface area contributed by atoms with Gasteiger partial charge in [-0.2, -0.15) is 11.3 Å². The first-order valence-electron chi connectivity index (χ1n) is 9.00. The zero-order chi connectivity index (χ0) is 19.9. The quantitative estimate of drug-likeness (QED) is 0.529. The van der Waals surface area contributed by atoms with Crippen LogP contribution >= 0.6 is 11.3 Å². The van der Waals surface area contributed by atoms with E-state index in [9.17, 15) is 9.59 Å². The Hall–Kier alpha value is -3.12. The Kier molecular flexibility index (Phi) is 6.45. The number of anilines is 2. The van der Waals surface area contributed by atoms with Crippen molar-refractivity contribution in [2.24, 2.45) is 0 Å². The summed E-state index contributed by atoms with van der Waals surface area (Å²) in [7, 11) is 0. The smallest absolute Gasteiger partial charge is 0.255 e. The Morgan fingerprint density at radius 1 is 1.07 bits per heavy atom. The molecule has 4 N–H and O–H groups in total. The molecule has 1 radical (unpaired) electrons. The maximum Gasteiger partial charge on any atom is 0.255 e. The van der Waals surface area contributed by atoms with Gasteiger partial charge in [0.15, 0.2) is 0 Å². The highest BCUT2D eigenvalue weighted by Crippen LogP contribution is 2.29. The molecule has 2 amide bonds. The van der Waals surface area contributed by atoms with Crippen LogP contribution in [0.5, 0.6) is 0 Å². The van der Waals surface area contributed by atoms with Gasteiger partial charge in [-0.05, 0) is 71.1 Å². The summed E-state index contributed by atoms with van der Waals surface area (Å²) < 4.78 is 0. The summed E-state index contributed by atoms with van der Waals surface area (Å²) in [6.07, 6.45) is 2.11. The number of benzene rings is 2. The molecule has 143 valence electrons. The van der Waals surface area contributed by atoms with Gasteiger partial charge in [-0.25, -0.2) is 0 Å². The number of nitrogen functional groups attached to an aromatic ring is 1. The van der Waals surface area contributed by atoms with Crippen LogP contribution < -0.4 is 16.4 Å². The van der Waals surface area contributed by atoms with Gasteiger partial charge in [-0.1, -0.05) is 18.2 Å². The second kappa shape index (κ2) is 9.19. The number of nitrogens with one attached hydrogen (secondary N) is 2. The maximum atomic E-state index is 12.6. The van der Waals surface area contributed by atoms with Crippen LogP contribution in [-0.2, 0) is 11.2 Å². The third-order valence-electron chi connectivity index (χ3n) is 4.25. The number of amides is 2. The molecule has 3 rings (SSSR count). The van der Waals surface area contributed by atoms with Crippen LogP contribution in [0.4, 0.5) is 11.4 Å². The molecule has 0 saturated carbocycles. The van der Waals surface area contributed by atoms with Crippen molar-refractivity contribution in [3.05, 3.63) is 76.8 Å². The van der Waals surface area contributed by atoms with E-state index in [4.69, 9.17) is 5.73 Å². The highest BCUT2D eigenvalue weighted by molar-refractivity contribution is 7.08. The summed E-state index contributed by atoms with van der Waals surface area (Å²) in [4.78, 5) is 24.1. The third-order valence-corrected chi connectivity index (χ3v) is 4.93. The van der Waals surface area contributed by atoms with Crippen LogP contribution in [0.3, 0.4) is 0 Å². The highest BCUT2D eigenvalue weighted by atomic mass is 32.1. The van der Waals surface area contributed by atoms with E-state index in [2.05, 4.69) is 10.6 Å². The van der Waals surface area contributed by atoms with Crippen molar-refractivity contribution in [1.29, 1.82) is 0 Å². The predicted molar refractivity (Wildman–Crippen MR) is 115 cm³/mol. The van der Waals surface area contributed by atoms with Gasteiger partial charge in [0.25, 0.3) is 5.91 Å². The summed E-state index contributed by atoms with van der Waals surface area (Å²) in [6, 6.07) is 14.8. The van der Waals surface area contributed by atoms with E-state index in [-0.39, 0.29) is 11.8 Å². The van der Waals surface area contributed by atoms with Crippen LogP contribution in [0.15, 0.2) is 59.3 Å². The molecular weight excluding hydrogens is 370 g/mol. The SMILES string of the molecule is CCNC(=O)[CH]Cc1ccc(C(=O)Nc2cc(-c3ccsc3)ccc2N)cc1.